The van der Waals surface area contributed by atoms with Crippen LogP contribution >= 0.6 is 11.6 Å². The Morgan fingerprint density at radius 2 is 1.77 bits per heavy atom. The molecule has 114 valence electrons. The van der Waals surface area contributed by atoms with Crippen LogP contribution in [0.5, 0.6) is 11.5 Å². The molecule has 0 saturated heterocycles. The molecular weight excluding hydrogens is 304 g/mol. The van der Waals surface area contributed by atoms with Crippen molar-refractivity contribution in [3.05, 3.63) is 58.6 Å². The van der Waals surface area contributed by atoms with E-state index < -0.39 is 5.97 Å². The number of rotatable bonds is 5. The van der Waals surface area contributed by atoms with Gasteiger partial charge >= 0.3 is 5.97 Å². The summed E-state index contributed by atoms with van der Waals surface area (Å²) in [7, 11) is 3.02. The lowest BCUT2D eigenvalue weighted by atomic mass is 10.0. The van der Waals surface area contributed by atoms with E-state index in [0.717, 1.165) is 5.56 Å². The number of methoxy groups -OCH3 is 2. The maximum atomic E-state index is 11.6. The first-order chi connectivity index (χ1) is 10.5. The highest BCUT2D eigenvalue weighted by atomic mass is 35.5. The van der Waals surface area contributed by atoms with Gasteiger partial charge in [-0.25, -0.2) is 4.79 Å². The SMILES string of the molecule is COc1ccc(OC)c(/C(=C/c2ccc(Cl)cc2)C(=O)O)c1. The molecule has 0 bridgehead atoms. The highest BCUT2D eigenvalue weighted by molar-refractivity contribution is 6.30. The average Bonchev–Trinajstić information content (AvgIpc) is 2.53. The molecule has 0 spiro atoms. The van der Waals surface area contributed by atoms with E-state index in [1.807, 2.05) is 0 Å². The van der Waals surface area contributed by atoms with Crippen molar-refractivity contribution in [1.82, 2.24) is 0 Å². The van der Waals surface area contributed by atoms with Crippen molar-refractivity contribution in [3.63, 3.8) is 0 Å². The number of aliphatic carboxylic acids is 1. The molecule has 2 rings (SSSR count). The molecule has 0 saturated carbocycles. The minimum Gasteiger partial charge on any atom is -0.497 e. The maximum Gasteiger partial charge on any atom is 0.336 e. The van der Waals surface area contributed by atoms with Crippen LogP contribution in [0, 0.1) is 0 Å². The number of carboxylic acid groups (broad SMARTS) is 1. The third kappa shape index (κ3) is 3.59. The van der Waals surface area contributed by atoms with Gasteiger partial charge in [0.15, 0.2) is 0 Å². The zero-order chi connectivity index (χ0) is 16.1. The Balaban J connectivity index is 2.57. The number of ether oxygens (including phenoxy) is 2. The van der Waals surface area contributed by atoms with Gasteiger partial charge < -0.3 is 14.6 Å². The summed E-state index contributed by atoms with van der Waals surface area (Å²) < 4.78 is 10.4. The van der Waals surface area contributed by atoms with Crippen LogP contribution in [0.4, 0.5) is 0 Å². The summed E-state index contributed by atoms with van der Waals surface area (Å²) in [6.07, 6.45) is 1.57. The largest absolute Gasteiger partial charge is 0.497 e. The van der Waals surface area contributed by atoms with Crippen molar-refractivity contribution < 1.29 is 19.4 Å². The molecule has 2 aromatic rings. The molecule has 2 aromatic carbocycles. The standard InChI is InChI=1S/C17H15ClO4/c1-21-13-7-8-16(22-2)14(10-13)15(17(19)20)9-11-3-5-12(18)6-4-11/h3-10H,1-2H3,(H,19,20)/b15-9-. The van der Waals surface area contributed by atoms with Gasteiger partial charge in [-0.1, -0.05) is 23.7 Å². The van der Waals surface area contributed by atoms with Crippen LogP contribution in [0.25, 0.3) is 11.6 Å². The van der Waals surface area contributed by atoms with Crippen LogP contribution in [-0.2, 0) is 4.79 Å². The van der Waals surface area contributed by atoms with E-state index in [0.29, 0.717) is 22.1 Å². The first kappa shape index (κ1) is 15.9. The summed E-state index contributed by atoms with van der Waals surface area (Å²) in [5.74, 6) is -0.0380. The van der Waals surface area contributed by atoms with Gasteiger partial charge in [0.2, 0.25) is 0 Å². The number of hydrogen-bond acceptors (Lipinski definition) is 3. The lowest BCUT2D eigenvalue weighted by molar-refractivity contribution is -0.130. The summed E-state index contributed by atoms with van der Waals surface area (Å²) in [5, 5.41) is 10.1. The van der Waals surface area contributed by atoms with Gasteiger partial charge in [0.25, 0.3) is 0 Å². The fraction of sp³-hybridized carbons (Fsp3) is 0.118. The Bertz CT molecular complexity index is 705. The number of carbonyl (C=O) groups is 1. The average molecular weight is 319 g/mol. The van der Waals surface area contributed by atoms with Gasteiger partial charge in [0.05, 0.1) is 19.8 Å². The Hall–Kier alpha value is -2.46. The van der Waals surface area contributed by atoms with Crippen LogP contribution < -0.4 is 9.47 Å². The first-order valence-electron chi connectivity index (χ1n) is 6.48. The van der Waals surface area contributed by atoms with Gasteiger partial charge in [-0.3, -0.25) is 0 Å². The molecular formula is C17H15ClO4. The molecule has 0 amide bonds. The van der Waals surface area contributed by atoms with Crippen molar-refractivity contribution in [2.45, 2.75) is 0 Å². The molecule has 0 atom stereocenters. The first-order valence-corrected chi connectivity index (χ1v) is 6.86. The molecule has 0 unspecified atom stereocenters. The van der Waals surface area contributed by atoms with Crippen molar-refractivity contribution >= 4 is 29.2 Å². The van der Waals surface area contributed by atoms with E-state index in [4.69, 9.17) is 21.1 Å². The van der Waals surface area contributed by atoms with E-state index in [-0.39, 0.29) is 5.57 Å². The fourth-order valence-electron chi connectivity index (χ4n) is 2.00. The number of hydrogen-bond donors (Lipinski definition) is 1. The summed E-state index contributed by atoms with van der Waals surface area (Å²) in [6.45, 7) is 0. The molecule has 0 fully saturated rings. The smallest absolute Gasteiger partial charge is 0.336 e. The monoisotopic (exact) mass is 318 g/mol. The summed E-state index contributed by atoms with van der Waals surface area (Å²) >= 11 is 5.84. The molecule has 0 aliphatic carbocycles. The van der Waals surface area contributed by atoms with Crippen LogP contribution in [0.3, 0.4) is 0 Å². The second-order valence-electron chi connectivity index (χ2n) is 4.48. The minimum absolute atomic E-state index is 0.109. The lowest BCUT2D eigenvalue weighted by Gasteiger charge is -2.11. The van der Waals surface area contributed by atoms with Crippen molar-refractivity contribution in [2.24, 2.45) is 0 Å². The van der Waals surface area contributed by atoms with Crippen molar-refractivity contribution in [1.29, 1.82) is 0 Å². The lowest BCUT2D eigenvalue weighted by Crippen LogP contribution is -2.02. The molecule has 4 nitrogen and oxygen atoms in total. The molecule has 22 heavy (non-hydrogen) atoms. The summed E-state index contributed by atoms with van der Waals surface area (Å²) in [4.78, 5) is 11.6. The van der Waals surface area contributed by atoms with Gasteiger partial charge in [-0.05, 0) is 42.0 Å². The minimum atomic E-state index is -1.05. The third-order valence-corrected chi connectivity index (χ3v) is 3.36. The van der Waals surface area contributed by atoms with Gasteiger partial charge in [-0.15, -0.1) is 0 Å². The van der Waals surface area contributed by atoms with E-state index in [9.17, 15) is 9.90 Å². The van der Waals surface area contributed by atoms with Gasteiger partial charge in [0.1, 0.15) is 11.5 Å². The zero-order valence-corrected chi connectivity index (χ0v) is 12.9. The highest BCUT2D eigenvalue weighted by Gasteiger charge is 2.16. The summed E-state index contributed by atoms with van der Waals surface area (Å²) in [6, 6.07) is 11.9. The maximum absolute atomic E-state index is 11.6. The topological polar surface area (TPSA) is 55.8 Å². The molecule has 0 radical (unpaired) electrons. The van der Waals surface area contributed by atoms with E-state index in [1.165, 1.54) is 14.2 Å². The molecule has 0 aliphatic heterocycles. The Labute approximate surface area is 133 Å². The summed E-state index contributed by atoms with van der Waals surface area (Å²) in [5.41, 5.74) is 1.29. The molecule has 0 aromatic heterocycles. The predicted octanol–water partition coefficient (Wildman–Crippen LogP) is 3.98. The Morgan fingerprint density at radius 1 is 1.09 bits per heavy atom. The van der Waals surface area contributed by atoms with Crippen molar-refractivity contribution in [2.75, 3.05) is 14.2 Å². The fourth-order valence-corrected chi connectivity index (χ4v) is 2.13. The van der Waals surface area contributed by atoms with E-state index >= 15 is 0 Å². The van der Waals surface area contributed by atoms with Crippen LogP contribution in [0.15, 0.2) is 42.5 Å². The van der Waals surface area contributed by atoms with Crippen molar-refractivity contribution in [3.8, 4) is 11.5 Å². The van der Waals surface area contributed by atoms with Gasteiger partial charge in [-0.2, -0.15) is 0 Å². The van der Waals surface area contributed by atoms with Crippen LogP contribution in [0.2, 0.25) is 5.02 Å². The normalized spacial score (nSPS) is 11.1. The Kier molecular flexibility index (Phi) is 5.07. The molecule has 1 N–H and O–H groups in total. The quantitative estimate of drug-likeness (QED) is 0.669. The molecule has 5 heteroatoms. The molecule has 0 aliphatic rings. The third-order valence-electron chi connectivity index (χ3n) is 3.11. The number of carboxylic acids is 1. The Morgan fingerprint density at radius 3 is 2.32 bits per heavy atom. The van der Waals surface area contributed by atoms with E-state index in [2.05, 4.69) is 0 Å². The number of halogens is 1. The second kappa shape index (κ2) is 7.00. The van der Waals surface area contributed by atoms with Crippen LogP contribution in [0.1, 0.15) is 11.1 Å². The predicted molar refractivity (Wildman–Crippen MR) is 86.5 cm³/mol. The van der Waals surface area contributed by atoms with Crippen LogP contribution in [-0.4, -0.2) is 25.3 Å². The zero-order valence-electron chi connectivity index (χ0n) is 12.2. The second-order valence-corrected chi connectivity index (χ2v) is 4.92. The number of benzene rings is 2. The van der Waals surface area contributed by atoms with E-state index in [1.54, 1.807) is 48.5 Å². The highest BCUT2D eigenvalue weighted by Crippen LogP contribution is 2.31. The van der Waals surface area contributed by atoms with Gasteiger partial charge in [0, 0.05) is 10.6 Å². The molecule has 0 heterocycles.